The first-order chi connectivity index (χ1) is 15.5. The first kappa shape index (κ1) is 23.7. The summed E-state index contributed by atoms with van der Waals surface area (Å²) in [7, 11) is 4.78. The van der Waals surface area contributed by atoms with E-state index in [0.717, 1.165) is 55.8 Å². The Labute approximate surface area is 190 Å². The Hall–Kier alpha value is -2.93. The molecule has 1 unspecified atom stereocenters. The molecule has 174 valence electrons. The van der Waals surface area contributed by atoms with Crippen molar-refractivity contribution in [3.05, 3.63) is 47.5 Å². The van der Waals surface area contributed by atoms with E-state index in [2.05, 4.69) is 10.2 Å². The molecule has 1 aliphatic rings. The van der Waals surface area contributed by atoms with Crippen molar-refractivity contribution in [1.29, 1.82) is 0 Å². The fraction of sp³-hybridized carbons (Fsp3) is 0.480. The van der Waals surface area contributed by atoms with Crippen molar-refractivity contribution in [3.8, 4) is 23.0 Å². The van der Waals surface area contributed by atoms with Gasteiger partial charge in [0.15, 0.2) is 11.5 Å². The molecule has 1 fully saturated rings. The van der Waals surface area contributed by atoms with Crippen molar-refractivity contribution in [3.63, 3.8) is 0 Å². The number of aromatic hydroxyl groups is 1. The maximum Gasteiger partial charge on any atom is 0.220 e. The number of nitrogens with one attached hydrogen (secondary N) is 1. The molecule has 32 heavy (non-hydrogen) atoms. The van der Waals surface area contributed by atoms with Gasteiger partial charge in [0.2, 0.25) is 5.91 Å². The van der Waals surface area contributed by atoms with Gasteiger partial charge in [-0.3, -0.25) is 9.69 Å². The number of benzene rings is 2. The number of piperidine rings is 1. The third-order valence-corrected chi connectivity index (χ3v) is 6.00. The van der Waals surface area contributed by atoms with Gasteiger partial charge in [0.25, 0.3) is 0 Å². The monoisotopic (exact) mass is 442 g/mol. The molecule has 2 aromatic carbocycles. The fourth-order valence-corrected chi connectivity index (χ4v) is 4.24. The first-order valence-electron chi connectivity index (χ1n) is 11.1. The van der Waals surface area contributed by atoms with Crippen LogP contribution in [0.4, 0.5) is 0 Å². The lowest BCUT2D eigenvalue weighted by Crippen LogP contribution is -2.35. The number of hydrogen-bond donors (Lipinski definition) is 2. The molecule has 2 aromatic rings. The van der Waals surface area contributed by atoms with Crippen molar-refractivity contribution in [2.24, 2.45) is 5.92 Å². The third kappa shape index (κ3) is 6.53. The summed E-state index contributed by atoms with van der Waals surface area (Å²) in [6.45, 7) is 3.22. The van der Waals surface area contributed by atoms with Crippen LogP contribution in [0.1, 0.15) is 36.8 Å². The number of likely N-dealkylation sites (tertiary alicyclic amines) is 1. The topological polar surface area (TPSA) is 80.3 Å². The Morgan fingerprint density at radius 3 is 2.62 bits per heavy atom. The van der Waals surface area contributed by atoms with Crippen LogP contribution in [0.25, 0.3) is 0 Å². The Balaban J connectivity index is 1.44. The van der Waals surface area contributed by atoms with Crippen molar-refractivity contribution < 1.29 is 24.1 Å². The molecule has 2 N–H and O–H groups in total. The molecule has 1 atom stereocenters. The number of nitrogens with zero attached hydrogens (tertiary/aromatic N) is 1. The highest BCUT2D eigenvalue weighted by Crippen LogP contribution is 2.28. The normalized spacial score (nSPS) is 16.4. The lowest BCUT2D eigenvalue weighted by molar-refractivity contribution is -0.121. The number of methoxy groups -OCH3 is 3. The average molecular weight is 443 g/mol. The second-order valence-electron chi connectivity index (χ2n) is 8.24. The highest BCUT2D eigenvalue weighted by Gasteiger charge is 2.21. The summed E-state index contributed by atoms with van der Waals surface area (Å²) >= 11 is 0. The van der Waals surface area contributed by atoms with Crippen LogP contribution in [0.3, 0.4) is 0 Å². The second kappa shape index (κ2) is 11.6. The van der Waals surface area contributed by atoms with Gasteiger partial charge in [-0.1, -0.05) is 6.07 Å². The summed E-state index contributed by atoms with van der Waals surface area (Å²) in [6.07, 6.45) is 3.65. The summed E-state index contributed by atoms with van der Waals surface area (Å²) < 4.78 is 15.7. The van der Waals surface area contributed by atoms with Crippen LogP contribution < -0.4 is 19.5 Å². The molecule has 0 radical (unpaired) electrons. The molecule has 0 spiro atoms. The largest absolute Gasteiger partial charge is 0.504 e. The Bertz CT molecular complexity index is 902. The Kier molecular flexibility index (Phi) is 8.62. The van der Waals surface area contributed by atoms with Gasteiger partial charge in [0.1, 0.15) is 11.5 Å². The van der Waals surface area contributed by atoms with E-state index in [9.17, 15) is 9.90 Å². The number of ether oxygens (including phenoxy) is 3. The number of carbonyl (C=O) groups is 1. The van der Waals surface area contributed by atoms with E-state index >= 15 is 0 Å². The molecule has 1 heterocycles. The van der Waals surface area contributed by atoms with Crippen LogP contribution in [-0.4, -0.2) is 50.3 Å². The number of rotatable bonds is 10. The zero-order valence-electron chi connectivity index (χ0n) is 19.2. The minimum Gasteiger partial charge on any atom is -0.504 e. The zero-order valence-corrected chi connectivity index (χ0v) is 19.2. The Morgan fingerprint density at radius 1 is 1.09 bits per heavy atom. The maximum absolute atomic E-state index is 12.4. The quantitative estimate of drug-likeness (QED) is 0.584. The number of amides is 1. The summed E-state index contributed by atoms with van der Waals surface area (Å²) in [6, 6.07) is 11.2. The van der Waals surface area contributed by atoms with Gasteiger partial charge < -0.3 is 24.6 Å². The van der Waals surface area contributed by atoms with Crippen LogP contribution in [0.15, 0.2) is 36.4 Å². The molecule has 0 bridgehead atoms. The minimum atomic E-state index is 0.0556. The van der Waals surface area contributed by atoms with Crippen LogP contribution in [0.5, 0.6) is 23.0 Å². The van der Waals surface area contributed by atoms with Crippen LogP contribution in [-0.2, 0) is 17.9 Å². The molecule has 0 saturated carbocycles. The van der Waals surface area contributed by atoms with E-state index in [4.69, 9.17) is 14.2 Å². The number of phenols is 1. The zero-order chi connectivity index (χ0) is 22.9. The minimum absolute atomic E-state index is 0.0556. The van der Waals surface area contributed by atoms with Crippen LogP contribution >= 0.6 is 0 Å². The predicted octanol–water partition coefficient (Wildman–Crippen LogP) is 3.73. The molecular formula is C25H34N2O5. The molecule has 7 heteroatoms. The van der Waals surface area contributed by atoms with Crippen molar-refractivity contribution in [2.75, 3.05) is 34.4 Å². The fourth-order valence-electron chi connectivity index (χ4n) is 4.24. The smallest absolute Gasteiger partial charge is 0.220 e. The highest BCUT2D eigenvalue weighted by molar-refractivity contribution is 5.75. The molecular weight excluding hydrogens is 408 g/mol. The second-order valence-corrected chi connectivity index (χ2v) is 8.24. The van der Waals surface area contributed by atoms with E-state index in [0.29, 0.717) is 30.4 Å². The molecule has 0 aromatic heterocycles. The van der Waals surface area contributed by atoms with Crippen LogP contribution in [0.2, 0.25) is 0 Å². The standard InChI is InChI=1S/C25H34N2O5/c1-30-21-9-8-20(24(14-21)32-3)15-26-25(29)11-7-18-5-4-12-27(16-18)17-19-6-10-23(31-2)22(28)13-19/h6,8-10,13-14,18,28H,4-5,7,11-12,15-17H2,1-3H3,(H,26,29). The van der Waals surface area contributed by atoms with Crippen molar-refractivity contribution in [1.82, 2.24) is 10.2 Å². The molecule has 7 nitrogen and oxygen atoms in total. The lowest BCUT2D eigenvalue weighted by atomic mass is 9.93. The van der Waals surface area contributed by atoms with Gasteiger partial charge in [-0.05, 0) is 61.6 Å². The highest BCUT2D eigenvalue weighted by atomic mass is 16.5. The van der Waals surface area contributed by atoms with Gasteiger partial charge in [-0.2, -0.15) is 0 Å². The average Bonchev–Trinajstić information content (AvgIpc) is 2.81. The van der Waals surface area contributed by atoms with Gasteiger partial charge in [-0.25, -0.2) is 0 Å². The van der Waals surface area contributed by atoms with Gasteiger partial charge >= 0.3 is 0 Å². The van der Waals surface area contributed by atoms with Gasteiger partial charge in [0, 0.05) is 37.7 Å². The van der Waals surface area contributed by atoms with E-state index in [1.165, 1.54) is 0 Å². The number of carbonyl (C=O) groups excluding carboxylic acids is 1. The van der Waals surface area contributed by atoms with Gasteiger partial charge in [0.05, 0.1) is 21.3 Å². The molecule has 3 rings (SSSR count). The molecule has 1 amide bonds. The van der Waals surface area contributed by atoms with E-state index < -0.39 is 0 Å². The molecule has 1 aliphatic heterocycles. The maximum atomic E-state index is 12.4. The summed E-state index contributed by atoms with van der Waals surface area (Å²) in [5.74, 6) is 2.64. The Morgan fingerprint density at radius 2 is 1.91 bits per heavy atom. The third-order valence-electron chi connectivity index (χ3n) is 6.00. The lowest BCUT2D eigenvalue weighted by Gasteiger charge is -2.32. The molecule has 0 aliphatic carbocycles. The van der Waals surface area contributed by atoms with Crippen LogP contribution in [0, 0.1) is 5.92 Å². The first-order valence-corrected chi connectivity index (χ1v) is 11.1. The van der Waals surface area contributed by atoms with Gasteiger partial charge in [-0.15, -0.1) is 0 Å². The summed E-state index contributed by atoms with van der Waals surface area (Å²) in [4.78, 5) is 14.8. The number of hydrogen-bond acceptors (Lipinski definition) is 6. The van der Waals surface area contributed by atoms with E-state index in [1.807, 2.05) is 24.3 Å². The van der Waals surface area contributed by atoms with E-state index in [1.54, 1.807) is 33.5 Å². The van der Waals surface area contributed by atoms with E-state index in [-0.39, 0.29) is 11.7 Å². The van der Waals surface area contributed by atoms with Crippen molar-refractivity contribution >= 4 is 5.91 Å². The van der Waals surface area contributed by atoms with Crippen molar-refractivity contribution in [2.45, 2.75) is 38.8 Å². The summed E-state index contributed by atoms with van der Waals surface area (Å²) in [5.41, 5.74) is 1.99. The SMILES string of the molecule is COc1ccc(CNC(=O)CCC2CCCN(Cc3ccc(OC)c(O)c3)C2)c(OC)c1. The summed E-state index contributed by atoms with van der Waals surface area (Å²) in [5, 5.41) is 13.0. The predicted molar refractivity (Wildman–Crippen MR) is 123 cm³/mol. The molecule has 1 saturated heterocycles. The number of phenolic OH excluding ortho intramolecular Hbond substituents is 1.